The normalized spacial score (nSPS) is 20.3. The summed E-state index contributed by atoms with van der Waals surface area (Å²) < 4.78 is 0. The highest BCUT2D eigenvalue weighted by atomic mass is 15.2. The molecule has 19 heavy (non-hydrogen) atoms. The van der Waals surface area contributed by atoms with Gasteiger partial charge in [0.2, 0.25) is 0 Å². The molecule has 2 rings (SSSR count). The van der Waals surface area contributed by atoms with Crippen LogP contribution < -0.4 is 5.73 Å². The third kappa shape index (κ3) is 4.22. The maximum absolute atomic E-state index is 5.71. The number of hydrogen-bond acceptors (Lipinski definition) is 3. The van der Waals surface area contributed by atoms with Gasteiger partial charge >= 0.3 is 0 Å². The van der Waals surface area contributed by atoms with E-state index in [0.29, 0.717) is 0 Å². The van der Waals surface area contributed by atoms with Crippen molar-refractivity contribution in [1.29, 1.82) is 0 Å². The fourth-order valence-electron chi connectivity index (χ4n) is 2.97. The number of likely N-dealkylation sites (tertiary alicyclic amines) is 1. The molecule has 3 heteroatoms. The van der Waals surface area contributed by atoms with Gasteiger partial charge in [0.1, 0.15) is 0 Å². The molecule has 1 aliphatic rings. The van der Waals surface area contributed by atoms with Crippen molar-refractivity contribution in [2.24, 2.45) is 0 Å². The Bertz CT molecular complexity index is 374. The quantitative estimate of drug-likeness (QED) is 0.797. The van der Waals surface area contributed by atoms with E-state index in [9.17, 15) is 0 Å². The van der Waals surface area contributed by atoms with Crippen LogP contribution in [0.1, 0.15) is 25.3 Å². The van der Waals surface area contributed by atoms with E-state index in [1.165, 1.54) is 38.0 Å². The van der Waals surface area contributed by atoms with Crippen molar-refractivity contribution in [2.45, 2.75) is 32.2 Å². The van der Waals surface area contributed by atoms with Gasteiger partial charge in [-0.3, -0.25) is 4.90 Å². The molecule has 0 saturated carbocycles. The summed E-state index contributed by atoms with van der Waals surface area (Å²) >= 11 is 0. The Labute approximate surface area is 117 Å². The number of nitrogens with two attached hydrogens (primary N) is 1. The number of nitrogen functional groups attached to an aromatic ring is 1. The lowest BCUT2D eigenvalue weighted by Crippen LogP contribution is -2.39. The molecule has 3 nitrogen and oxygen atoms in total. The number of rotatable bonds is 6. The minimum absolute atomic E-state index is 0.765. The van der Waals surface area contributed by atoms with Gasteiger partial charge in [0.05, 0.1) is 0 Å². The Morgan fingerprint density at radius 2 is 2.05 bits per heavy atom. The average molecular weight is 261 g/mol. The van der Waals surface area contributed by atoms with Crippen LogP contribution in [0.4, 0.5) is 5.69 Å². The van der Waals surface area contributed by atoms with Crippen molar-refractivity contribution >= 4 is 5.69 Å². The third-order valence-corrected chi connectivity index (χ3v) is 4.19. The van der Waals surface area contributed by atoms with Crippen LogP contribution in [0.15, 0.2) is 24.3 Å². The molecule has 1 fully saturated rings. The summed E-state index contributed by atoms with van der Waals surface area (Å²) in [6, 6.07) is 9.02. The van der Waals surface area contributed by atoms with Crippen LogP contribution in [0.5, 0.6) is 0 Å². The van der Waals surface area contributed by atoms with E-state index in [2.05, 4.69) is 35.9 Å². The SMILES string of the molecule is CCN1CCCC1CN(C)CCc1ccc(N)cc1. The fourth-order valence-corrected chi connectivity index (χ4v) is 2.97. The highest BCUT2D eigenvalue weighted by molar-refractivity contribution is 5.39. The zero-order chi connectivity index (χ0) is 13.7. The minimum atomic E-state index is 0.765. The van der Waals surface area contributed by atoms with E-state index in [4.69, 9.17) is 5.73 Å². The highest BCUT2D eigenvalue weighted by Crippen LogP contribution is 2.17. The van der Waals surface area contributed by atoms with Crippen LogP contribution in [-0.4, -0.2) is 49.1 Å². The Kier molecular flexibility index (Phi) is 5.23. The molecule has 1 aromatic carbocycles. The number of nitrogens with zero attached hydrogens (tertiary/aromatic N) is 2. The van der Waals surface area contributed by atoms with Crippen LogP contribution in [0, 0.1) is 0 Å². The zero-order valence-electron chi connectivity index (χ0n) is 12.3. The Morgan fingerprint density at radius 1 is 1.32 bits per heavy atom. The molecule has 1 atom stereocenters. The fraction of sp³-hybridized carbons (Fsp3) is 0.625. The van der Waals surface area contributed by atoms with Crippen molar-refractivity contribution in [3.05, 3.63) is 29.8 Å². The summed E-state index contributed by atoms with van der Waals surface area (Å²) in [6.45, 7) is 7.07. The van der Waals surface area contributed by atoms with Crippen LogP contribution in [0.25, 0.3) is 0 Å². The lowest BCUT2D eigenvalue weighted by molar-refractivity contribution is 0.200. The van der Waals surface area contributed by atoms with Crippen LogP contribution in [0.3, 0.4) is 0 Å². The Hall–Kier alpha value is -1.06. The molecule has 0 radical (unpaired) electrons. The van der Waals surface area contributed by atoms with Gasteiger partial charge < -0.3 is 10.6 Å². The molecule has 106 valence electrons. The van der Waals surface area contributed by atoms with Gasteiger partial charge in [0, 0.05) is 24.8 Å². The van der Waals surface area contributed by atoms with E-state index in [0.717, 1.165) is 24.7 Å². The number of likely N-dealkylation sites (N-methyl/N-ethyl adjacent to an activating group) is 2. The van der Waals surface area contributed by atoms with Crippen LogP contribution in [-0.2, 0) is 6.42 Å². The molecule has 0 bridgehead atoms. The summed E-state index contributed by atoms with van der Waals surface area (Å²) in [7, 11) is 2.24. The van der Waals surface area contributed by atoms with Gasteiger partial charge in [-0.25, -0.2) is 0 Å². The predicted molar refractivity (Wildman–Crippen MR) is 82.3 cm³/mol. The number of benzene rings is 1. The second-order valence-electron chi connectivity index (χ2n) is 5.68. The Morgan fingerprint density at radius 3 is 2.74 bits per heavy atom. The first-order chi connectivity index (χ1) is 9.19. The largest absolute Gasteiger partial charge is 0.399 e. The molecule has 0 aliphatic carbocycles. The van der Waals surface area contributed by atoms with E-state index in [1.54, 1.807) is 0 Å². The summed E-state index contributed by atoms with van der Waals surface area (Å²) in [6.07, 6.45) is 3.83. The van der Waals surface area contributed by atoms with Gasteiger partial charge in [-0.1, -0.05) is 19.1 Å². The maximum Gasteiger partial charge on any atom is 0.0314 e. The van der Waals surface area contributed by atoms with Crippen LogP contribution in [0.2, 0.25) is 0 Å². The summed E-state index contributed by atoms with van der Waals surface area (Å²) in [4.78, 5) is 5.08. The predicted octanol–water partition coefficient (Wildman–Crippen LogP) is 2.23. The van der Waals surface area contributed by atoms with Gasteiger partial charge in [-0.15, -0.1) is 0 Å². The molecule has 2 N–H and O–H groups in total. The maximum atomic E-state index is 5.71. The van der Waals surface area contributed by atoms with Gasteiger partial charge in [-0.05, 0) is 57.1 Å². The standard InChI is InChI=1S/C16H27N3/c1-3-19-11-4-5-16(19)13-18(2)12-10-14-6-8-15(17)9-7-14/h6-9,16H,3-5,10-13,17H2,1-2H3. The Balaban J connectivity index is 1.75. The molecule has 1 aliphatic heterocycles. The molecular formula is C16H27N3. The first kappa shape index (κ1) is 14.4. The second-order valence-corrected chi connectivity index (χ2v) is 5.68. The van der Waals surface area contributed by atoms with Gasteiger partial charge in [0.25, 0.3) is 0 Å². The topological polar surface area (TPSA) is 32.5 Å². The summed E-state index contributed by atoms with van der Waals surface area (Å²) in [5.74, 6) is 0. The summed E-state index contributed by atoms with van der Waals surface area (Å²) in [5.41, 5.74) is 7.93. The lowest BCUT2D eigenvalue weighted by atomic mass is 10.1. The first-order valence-electron chi connectivity index (χ1n) is 7.46. The van der Waals surface area contributed by atoms with E-state index >= 15 is 0 Å². The number of hydrogen-bond donors (Lipinski definition) is 1. The van der Waals surface area contributed by atoms with E-state index < -0.39 is 0 Å². The molecule has 1 saturated heterocycles. The third-order valence-electron chi connectivity index (χ3n) is 4.19. The van der Waals surface area contributed by atoms with Crippen molar-refractivity contribution in [3.63, 3.8) is 0 Å². The monoisotopic (exact) mass is 261 g/mol. The minimum Gasteiger partial charge on any atom is -0.399 e. The van der Waals surface area contributed by atoms with Crippen molar-refractivity contribution in [3.8, 4) is 0 Å². The molecule has 0 spiro atoms. The van der Waals surface area contributed by atoms with Crippen molar-refractivity contribution in [1.82, 2.24) is 9.80 Å². The molecule has 0 aromatic heterocycles. The van der Waals surface area contributed by atoms with Gasteiger partial charge in [0.15, 0.2) is 0 Å². The molecule has 1 heterocycles. The molecule has 1 aromatic rings. The molecular weight excluding hydrogens is 234 g/mol. The summed E-state index contributed by atoms with van der Waals surface area (Å²) in [5, 5.41) is 0. The van der Waals surface area contributed by atoms with Crippen molar-refractivity contribution in [2.75, 3.05) is 39.0 Å². The van der Waals surface area contributed by atoms with Crippen molar-refractivity contribution < 1.29 is 0 Å². The lowest BCUT2D eigenvalue weighted by Gasteiger charge is -2.27. The smallest absolute Gasteiger partial charge is 0.0314 e. The first-order valence-corrected chi connectivity index (χ1v) is 7.46. The van der Waals surface area contributed by atoms with Gasteiger partial charge in [-0.2, -0.15) is 0 Å². The van der Waals surface area contributed by atoms with E-state index in [1.807, 2.05) is 12.1 Å². The zero-order valence-corrected chi connectivity index (χ0v) is 12.3. The highest BCUT2D eigenvalue weighted by Gasteiger charge is 2.23. The average Bonchev–Trinajstić information content (AvgIpc) is 2.85. The molecule has 1 unspecified atom stereocenters. The number of anilines is 1. The molecule has 0 amide bonds. The van der Waals surface area contributed by atoms with E-state index in [-0.39, 0.29) is 0 Å². The van der Waals surface area contributed by atoms with Crippen LogP contribution >= 0.6 is 0 Å². The second kappa shape index (κ2) is 6.92.